The van der Waals surface area contributed by atoms with E-state index in [2.05, 4.69) is 221 Å². The molecule has 0 radical (unpaired) electrons. The van der Waals surface area contributed by atoms with Crippen LogP contribution >= 0.6 is 0 Å². The van der Waals surface area contributed by atoms with Crippen LogP contribution in [0.3, 0.4) is 0 Å². The van der Waals surface area contributed by atoms with E-state index in [1.165, 1.54) is 38.4 Å². The van der Waals surface area contributed by atoms with E-state index < -0.39 is 0 Å². The Morgan fingerprint density at radius 2 is 0.812 bits per heavy atom. The minimum Gasteiger partial charge on any atom is -0.309 e. The van der Waals surface area contributed by atoms with Crippen molar-refractivity contribution >= 4 is 43.6 Å². The van der Waals surface area contributed by atoms with E-state index in [1.54, 1.807) is 0 Å². The van der Waals surface area contributed by atoms with Gasteiger partial charge in [0.15, 0.2) is 11.6 Å². The summed E-state index contributed by atoms with van der Waals surface area (Å²) in [5.41, 5.74) is 14.4. The summed E-state index contributed by atoms with van der Waals surface area (Å²) in [6.07, 6.45) is 0. The first kappa shape index (κ1) is 39.2. The number of aromatic nitrogens is 5. The van der Waals surface area contributed by atoms with Crippen LogP contribution in [0.5, 0.6) is 0 Å². The van der Waals surface area contributed by atoms with E-state index in [9.17, 15) is 0 Å². The summed E-state index contributed by atoms with van der Waals surface area (Å²) in [6.45, 7) is 13.7. The van der Waals surface area contributed by atoms with E-state index >= 15 is 0 Å². The second-order valence-corrected chi connectivity index (χ2v) is 19.0. The largest absolute Gasteiger partial charge is 0.309 e. The lowest BCUT2D eigenvalue weighted by molar-refractivity contribution is 0.591. The molecule has 3 heterocycles. The Morgan fingerprint density at radius 3 is 1.42 bits per heavy atom. The second kappa shape index (κ2) is 15.0. The lowest BCUT2D eigenvalue weighted by Gasteiger charge is -2.19. The highest BCUT2D eigenvalue weighted by atomic mass is 15.2. The van der Waals surface area contributed by atoms with Crippen molar-refractivity contribution in [3.05, 3.63) is 199 Å². The molecule has 5 heteroatoms. The van der Waals surface area contributed by atoms with E-state index in [0.29, 0.717) is 17.6 Å². The highest BCUT2D eigenvalue weighted by molar-refractivity contribution is 6.26. The van der Waals surface area contributed by atoms with Crippen molar-refractivity contribution in [2.75, 3.05) is 0 Å². The number of hydrogen-bond acceptors (Lipinski definition) is 3. The van der Waals surface area contributed by atoms with Gasteiger partial charge in [0.25, 0.3) is 0 Å². The van der Waals surface area contributed by atoms with Gasteiger partial charge >= 0.3 is 0 Å². The Morgan fingerprint density at radius 1 is 0.344 bits per heavy atom. The molecular weight excluding hydrogens is 779 g/mol. The molecule has 0 saturated heterocycles. The van der Waals surface area contributed by atoms with Gasteiger partial charge in [0.2, 0.25) is 5.95 Å². The minimum atomic E-state index is -0.0529. The lowest BCUT2D eigenvalue weighted by Crippen LogP contribution is -2.11. The zero-order valence-corrected chi connectivity index (χ0v) is 37.1. The highest BCUT2D eigenvalue weighted by Crippen LogP contribution is 2.44. The van der Waals surface area contributed by atoms with Crippen molar-refractivity contribution in [2.24, 2.45) is 0 Å². The molecule has 0 unspecified atom stereocenters. The number of para-hydroxylation sites is 1. The van der Waals surface area contributed by atoms with Crippen molar-refractivity contribution in [3.8, 4) is 56.7 Å². The van der Waals surface area contributed by atoms with E-state index in [-0.39, 0.29) is 10.8 Å². The van der Waals surface area contributed by atoms with Gasteiger partial charge in [-0.1, -0.05) is 175 Å². The number of rotatable bonds is 6. The first-order chi connectivity index (χ1) is 31.0. The molecule has 11 aromatic rings. The second-order valence-electron chi connectivity index (χ2n) is 19.0. The van der Waals surface area contributed by atoms with Gasteiger partial charge in [-0.15, -0.1) is 0 Å². The predicted octanol–water partition coefficient (Wildman–Crippen LogP) is 15.3. The van der Waals surface area contributed by atoms with E-state index in [0.717, 1.165) is 55.4 Å². The Kier molecular flexibility index (Phi) is 9.21. The SMILES string of the molecule is CC(C)(C)c1ccc2c(c1)c1c(ccc3c4cc(C(C)(C)C)ccc4n(-c4nc(-c5ccccc5)nc(-c5cccc(-c6cccc(-c7ccccc7)c6)c5)n4)c31)n2-c1ccccc1. The topological polar surface area (TPSA) is 48.5 Å². The first-order valence-corrected chi connectivity index (χ1v) is 22.2. The van der Waals surface area contributed by atoms with Gasteiger partial charge in [-0.25, -0.2) is 4.98 Å². The van der Waals surface area contributed by atoms with Crippen LogP contribution in [0.2, 0.25) is 0 Å². The zero-order chi connectivity index (χ0) is 43.7. The van der Waals surface area contributed by atoms with Crippen molar-refractivity contribution in [1.82, 2.24) is 24.1 Å². The third-order valence-electron chi connectivity index (χ3n) is 12.7. The number of nitrogens with zero attached hydrogens (tertiary/aromatic N) is 5. The molecule has 64 heavy (non-hydrogen) atoms. The molecule has 0 bridgehead atoms. The van der Waals surface area contributed by atoms with Crippen molar-refractivity contribution in [1.29, 1.82) is 0 Å². The third-order valence-corrected chi connectivity index (χ3v) is 12.7. The maximum absolute atomic E-state index is 5.49. The average molecular weight is 828 g/mol. The molecule has 0 aliphatic heterocycles. The summed E-state index contributed by atoms with van der Waals surface area (Å²) in [5.74, 6) is 1.80. The van der Waals surface area contributed by atoms with Gasteiger partial charge in [0.1, 0.15) is 0 Å². The molecule has 0 saturated carbocycles. The maximum Gasteiger partial charge on any atom is 0.238 e. The van der Waals surface area contributed by atoms with Crippen molar-refractivity contribution < 1.29 is 0 Å². The Balaban J connectivity index is 1.23. The van der Waals surface area contributed by atoms with Crippen LogP contribution in [0.25, 0.3) is 100 Å². The van der Waals surface area contributed by atoms with Crippen LogP contribution < -0.4 is 0 Å². The Labute approximate surface area is 374 Å². The Bertz CT molecular complexity index is 3550. The zero-order valence-electron chi connectivity index (χ0n) is 37.1. The fraction of sp³-hybridized carbons (Fsp3) is 0.136. The van der Waals surface area contributed by atoms with Crippen LogP contribution in [0.4, 0.5) is 0 Å². The molecule has 0 spiro atoms. The van der Waals surface area contributed by atoms with Crippen LogP contribution in [-0.4, -0.2) is 24.1 Å². The van der Waals surface area contributed by atoms with Gasteiger partial charge in [0, 0.05) is 38.4 Å². The number of fused-ring (bicyclic) bond motifs is 7. The Hall–Kier alpha value is -7.63. The van der Waals surface area contributed by atoms with Crippen LogP contribution in [0.15, 0.2) is 188 Å². The van der Waals surface area contributed by atoms with Crippen LogP contribution in [-0.2, 0) is 10.8 Å². The number of hydrogen-bond donors (Lipinski definition) is 0. The van der Waals surface area contributed by atoms with Gasteiger partial charge in [-0.05, 0) is 98.8 Å². The summed E-state index contributed by atoms with van der Waals surface area (Å²) in [7, 11) is 0. The van der Waals surface area contributed by atoms with Crippen LogP contribution in [0.1, 0.15) is 52.7 Å². The van der Waals surface area contributed by atoms with Crippen LogP contribution in [0, 0.1) is 0 Å². The summed E-state index contributed by atoms with van der Waals surface area (Å²) >= 11 is 0. The molecule has 5 nitrogen and oxygen atoms in total. The molecule has 0 amide bonds. The van der Waals surface area contributed by atoms with Gasteiger partial charge < -0.3 is 4.57 Å². The molecule has 3 aromatic heterocycles. The molecule has 0 aliphatic carbocycles. The van der Waals surface area contributed by atoms with Gasteiger partial charge in [-0.3, -0.25) is 4.57 Å². The fourth-order valence-electron chi connectivity index (χ4n) is 9.26. The third kappa shape index (κ3) is 6.76. The van der Waals surface area contributed by atoms with Crippen molar-refractivity contribution in [3.63, 3.8) is 0 Å². The molecule has 8 aromatic carbocycles. The monoisotopic (exact) mass is 827 g/mol. The molecule has 0 atom stereocenters. The summed E-state index contributed by atoms with van der Waals surface area (Å²) in [6, 6.07) is 67.4. The predicted molar refractivity (Wildman–Crippen MR) is 268 cm³/mol. The maximum atomic E-state index is 5.49. The van der Waals surface area contributed by atoms with Gasteiger partial charge in [-0.2, -0.15) is 9.97 Å². The van der Waals surface area contributed by atoms with E-state index in [4.69, 9.17) is 15.0 Å². The lowest BCUT2D eigenvalue weighted by atomic mass is 9.86. The first-order valence-electron chi connectivity index (χ1n) is 22.2. The molecule has 310 valence electrons. The van der Waals surface area contributed by atoms with E-state index in [1.807, 2.05) is 18.2 Å². The fourth-order valence-corrected chi connectivity index (χ4v) is 9.26. The summed E-state index contributed by atoms with van der Waals surface area (Å²) in [5, 5.41) is 4.69. The van der Waals surface area contributed by atoms with Gasteiger partial charge in [0.05, 0.1) is 22.1 Å². The number of benzene rings is 8. The summed E-state index contributed by atoms with van der Waals surface area (Å²) in [4.78, 5) is 16.1. The molecule has 0 N–H and O–H groups in total. The minimum absolute atomic E-state index is 0.0515. The summed E-state index contributed by atoms with van der Waals surface area (Å²) < 4.78 is 4.72. The normalized spacial score (nSPS) is 12.2. The quantitative estimate of drug-likeness (QED) is 0.168. The molecular formula is C59H49N5. The molecule has 0 fully saturated rings. The highest BCUT2D eigenvalue weighted by Gasteiger charge is 2.26. The molecule has 0 aliphatic rings. The standard InChI is InChI=1S/C59H49N5/c1-58(2,3)44-28-31-50-48(36-44)47-30-33-52-53(49-37-45(59(4,5)6)29-32-51(49)63(52)46-26-14-9-15-27-46)54(47)64(50)57-61-55(39-20-12-8-13-21-39)60-56(62-57)43-25-17-24-42(35-43)41-23-16-22-40(34-41)38-18-10-7-11-19-38/h7-37H,1-6H3. The van der Waals surface area contributed by atoms with Crippen molar-refractivity contribution in [2.45, 2.75) is 52.4 Å². The average Bonchev–Trinajstić information content (AvgIpc) is 3.84. The smallest absolute Gasteiger partial charge is 0.238 e. The molecule has 11 rings (SSSR count).